The van der Waals surface area contributed by atoms with Crippen molar-refractivity contribution in [3.63, 3.8) is 0 Å². The molecule has 18 heavy (non-hydrogen) atoms. The van der Waals surface area contributed by atoms with Gasteiger partial charge in [0.05, 0.1) is 15.5 Å². The lowest BCUT2D eigenvalue weighted by Gasteiger charge is -2.06. The van der Waals surface area contributed by atoms with E-state index in [9.17, 15) is 4.39 Å². The number of halogens is 2. The van der Waals surface area contributed by atoms with Gasteiger partial charge in [0.2, 0.25) is 5.95 Å². The summed E-state index contributed by atoms with van der Waals surface area (Å²) in [6.45, 7) is 0.819. The van der Waals surface area contributed by atoms with E-state index in [4.69, 9.17) is 5.73 Å². The first-order valence-electron chi connectivity index (χ1n) is 6.26. The number of nitrogen functional groups attached to an aromatic ring is 1. The van der Waals surface area contributed by atoms with E-state index in [0.717, 1.165) is 29.9 Å². The number of rotatable bonds is 4. The summed E-state index contributed by atoms with van der Waals surface area (Å²) in [5.41, 5.74) is 7.42. The van der Waals surface area contributed by atoms with Crippen LogP contribution in [-0.2, 0) is 6.54 Å². The van der Waals surface area contributed by atoms with Crippen LogP contribution in [0.3, 0.4) is 0 Å². The average Bonchev–Trinajstić information content (AvgIpc) is 3.09. The van der Waals surface area contributed by atoms with Crippen molar-refractivity contribution in [2.45, 2.75) is 32.2 Å². The molecular formula is C13H15BrFN3. The molecule has 1 fully saturated rings. The number of imidazole rings is 1. The minimum atomic E-state index is -0.272. The number of benzene rings is 1. The molecule has 1 heterocycles. The number of hydrogen-bond acceptors (Lipinski definition) is 2. The van der Waals surface area contributed by atoms with E-state index >= 15 is 0 Å². The Bertz CT molecular complexity index is 589. The smallest absolute Gasteiger partial charge is 0.201 e. The van der Waals surface area contributed by atoms with Crippen molar-refractivity contribution in [2.24, 2.45) is 5.92 Å². The van der Waals surface area contributed by atoms with Crippen molar-refractivity contribution in [1.29, 1.82) is 0 Å². The fraction of sp³-hybridized carbons (Fsp3) is 0.462. The molecule has 0 bridgehead atoms. The maximum atomic E-state index is 13.6. The van der Waals surface area contributed by atoms with Crippen LogP contribution in [0.4, 0.5) is 10.3 Å². The molecule has 0 radical (unpaired) electrons. The molecule has 3 rings (SSSR count). The number of hydrogen-bond donors (Lipinski definition) is 1. The Balaban J connectivity index is 1.88. The Morgan fingerprint density at radius 1 is 1.44 bits per heavy atom. The first kappa shape index (κ1) is 12.0. The zero-order valence-corrected chi connectivity index (χ0v) is 11.6. The molecule has 0 unspecified atom stereocenters. The maximum absolute atomic E-state index is 13.6. The maximum Gasteiger partial charge on any atom is 0.201 e. The van der Waals surface area contributed by atoms with Crippen molar-refractivity contribution >= 4 is 32.9 Å². The lowest BCUT2D eigenvalue weighted by atomic mass is 10.2. The standard InChI is InChI=1S/C13H15BrFN3/c14-9-6-11-12(7-10(9)15)18(13(16)17-11)5-1-2-8-3-4-8/h6-8H,1-5H2,(H2,16,17). The fourth-order valence-corrected chi connectivity index (χ4v) is 2.65. The molecule has 0 amide bonds. The third-order valence-electron chi connectivity index (χ3n) is 3.51. The van der Waals surface area contributed by atoms with Crippen LogP contribution in [0.15, 0.2) is 16.6 Å². The van der Waals surface area contributed by atoms with E-state index in [1.165, 1.54) is 25.3 Å². The third-order valence-corrected chi connectivity index (χ3v) is 4.12. The molecule has 0 aliphatic heterocycles. The van der Waals surface area contributed by atoms with Gasteiger partial charge in [-0.3, -0.25) is 0 Å². The van der Waals surface area contributed by atoms with Crippen LogP contribution in [0.5, 0.6) is 0 Å². The van der Waals surface area contributed by atoms with E-state index in [0.29, 0.717) is 10.4 Å². The summed E-state index contributed by atoms with van der Waals surface area (Å²) in [6.07, 6.45) is 5.04. The van der Waals surface area contributed by atoms with E-state index in [1.807, 2.05) is 4.57 Å². The average molecular weight is 312 g/mol. The van der Waals surface area contributed by atoms with Gasteiger partial charge in [-0.05, 0) is 40.8 Å². The number of anilines is 1. The van der Waals surface area contributed by atoms with Crippen molar-refractivity contribution in [2.75, 3.05) is 5.73 Å². The van der Waals surface area contributed by atoms with Crippen LogP contribution < -0.4 is 5.73 Å². The topological polar surface area (TPSA) is 43.8 Å². The lowest BCUT2D eigenvalue weighted by Crippen LogP contribution is -2.03. The van der Waals surface area contributed by atoms with Crippen LogP contribution in [0, 0.1) is 11.7 Å². The molecule has 0 atom stereocenters. The number of aryl methyl sites for hydroxylation is 1. The number of nitrogens with zero attached hydrogens (tertiary/aromatic N) is 2. The van der Waals surface area contributed by atoms with Gasteiger partial charge in [-0.25, -0.2) is 9.37 Å². The van der Waals surface area contributed by atoms with Crippen LogP contribution in [0.1, 0.15) is 25.7 Å². The van der Waals surface area contributed by atoms with Gasteiger partial charge < -0.3 is 10.3 Å². The van der Waals surface area contributed by atoms with Crippen LogP contribution >= 0.6 is 15.9 Å². The Morgan fingerprint density at radius 3 is 2.94 bits per heavy atom. The molecule has 0 spiro atoms. The zero-order chi connectivity index (χ0) is 12.7. The highest BCUT2D eigenvalue weighted by Crippen LogP contribution is 2.34. The Morgan fingerprint density at radius 2 is 2.22 bits per heavy atom. The fourth-order valence-electron chi connectivity index (χ4n) is 2.32. The van der Waals surface area contributed by atoms with E-state index < -0.39 is 0 Å². The minimum Gasteiger partial charge on any atom is -0.369 e. The Kier molecular flexibility index (Phi) is 3.01. The monoisotopic (exact) mass is 311 g/mol. The second-order valence-electron chi connectivity index (χ2n) is 4.96. The molecule has 2 aromatic rings. The molecule has 3 nitrogen and oxygen atoms in total. The van der Waals surface area contributed by atoms with Crippen molar-refractivity contribution < 1.29 is 4.39 Å². The number of nitrogens with two attached hydrogens (primary N) is 1. The molecule has 1 saturated carbocycles. The van der Waals surface area contributed by atoms with Crippen molar-refractivity contribution in [3.8, 4) is 0 Å². The van der Waals surface area contributed by atoms with Crippen LogP contribution in [0.25, 0.3) is 11.0 Å². The van der Waals surface area contributed by atoms with Gasteiger partial charge in [0.25, 0.3) is 0 Å². The van der Waals surface area contributed by atoms with Crippen LogP contribution in [0.2, 0.25) is 0 Å². The Hall–Kier alpha value is -1.10. The van der Waals surface area contributed by atoms with Crippen LogP contribution in [-0.4, -0.2) is 9.55 Å². The third kappa shape index (κ3) is 2.23. The predicted octanol–water partition coefficient (Wildman–Crippen LogP) is 3.71. The van der Waals surface area contributed by atoms with Gasteiger partial charge in [-0.2, -0.15) is 0 Å². The normalized spacial score (nSPS) is 15.4. The molecule has 96 valence electrons. The lowest BCUT2D eigenvalue weighted by molar-refractivity contribution is 0.588. The van der Waals surface area contributed by atoms with E-state index in [1.54, 1.807) is 6.07 Å². The molecule has 1 aliphatic carbocycles. The van der Waals surface area contributed by atoms with E-state index in [-0.39, 0.29) is 5.82 Å². The van der Waals surface area contributed by atoms with Gasteiger partial charge in [0.1, 0.15) is 5.82 Å². The highest BCUT2D eigenvalue weighted by atomic mass is 79.9. The summed E-state index contributed by atoms with van der Waals surface area (Å²) in [4.78, 5) is 4.27. The summed E-state index contributed by atoms with van der Waals surface area (Å²) in [6, 6.07) is 3.18. The first-order valence-corrected chi connectivity index (χ1v) is 7.05. The number of aromatic nitrogens is 2. The summed E-state index contributed by atoms with van der Waals surface area (Å²) < 4.78 is 15.9. The number of fused-ring (bicyclic) bond motifs is 1. The second kappa shape index (κ2) is 4.53. The van der Waals surface area contributed by atoms with Gasteiger partial charge in [0, 0.05) is 12.6 Å². The molecule has 2 N–H and O–H groups in total. The summed E-state index contributed by atoms with van der Waals surface area (Å²) >= 11 is 3.17. The Labute approximate surface area is 113 Å². The SMILES string of the molecule is Nc1nc2cc(Br)c(F)cc2n1CCCC1CC1. The predicted molar refractivity (Wildman–Crippen MR) is 73.8 cm³/mol. The molecular weight excluding hydrogens is 297 g/mol. The molecule has 1 aromatic carbocycles. The van der Waals surface area contributed by atoms with Gasteiger partial charge in [-0.15, -0.1) is 0 Å². The minimum absolute atomic E-state index is 0.272. The first-order chi connectivity index (χ1) is 8.65. The molecule has 1 aliphatic rings. The van der Waals surface area contributed by atoms with Crippen molar-refractivity contribution in [3.05, 3.63) is 22.4 Å². The largest absolute Gasteiger partial charge is 0.369 e. The van der Waals surface area contributed by atoms with Gasteiger partial charge in [0.15, 0.2) is 0 Å². The second-order valence-corrected chi connectivity index (χ2v) is 5.82. The quantitative estimate of drug-likeness (QED) is 0.935. The summed E-state index contributed by atoms with van der Waals surface area (Å²) in [7, 11) is 0. The van der Waals surface area contributed by atoms with E-state index in [2.05, 4.69) is 20.9 Å². The summed E-state index contributed by atoms with van der Waals surface area (Å²) in [5, 5.41) is 0. The zero-order valence-electron chi connectivity index (χ0n) is 10.00. The summed E-state index contributed by atoms with van der Waals surface area (Å²) in [5.74, 6) is 1.11. The molecule has 0 saturated heterocycles. The molecule has 1 aromatic heterocycles. The van der Waals surface area contributed by atoms with Gasteiger partial charge in [-0.1, -0.05) is 12.8 Å². The van der Waals surface area contributed by atoms with Gasteiger partial charge >= 0.3 is 0 Å². The molecule has 5 heteroatoms. The highest BCUT2D eigenvalue weighted by Gasteiger charge is 2.20. The van der Waals surface area contributed by atoms with Crippen molar-refractivity contribution in [1.82, 2.24) is 9.55 Å². The highest BCUT2D eigenvalue weighted by molar-refractivity contribution is 9.10.